The minimum atomic E-state index is 0.620. The number of hydrogen-bond acceptors (Lipinski definition) is 2. The number of rotatable bonds is 10. The van der Waals surface area contributed by atoms with E-state index in [1.54, 1.807) is 0 Å². The molecule has 1 atom stereocenters. The summed E-state index contributed by atoms with van der Waals surface area (Å²) in [5.41, 5.74) is 1.22. The average molecular weight is 261 g/mol. The Labute approximate surface area is 117 Å². The maximum atomic E-state index is 5.85. The molecule has 0 aliphatic heterocycles. The van der Waals surface area contributed by atoms with Crippen LogP contribution in [0.25, 0.3) is 0 Å². The number of nitrogens with one attached hydrogen (secondary N) is 1. The van der Waals surface area contributed by atoms with Crippen LogP contribution in [-0.2, 0) is 6.42 Å². The fraction of sp³-hybridized carbons (Fsp3) is 0.529. The van der Waals surface area contributed by atoms with Crippen molar-refractivity contribution in [1.82, 2.24) is 5.32 Å². The van der Waals surface area contributed by atoms with Gasteiger partial charge in [0.15, 0.2) is 0 Å². The SMILES string of the molecule is C=CCc1ccccc1OCCCCN[C@H](C)CC. The van der Waals surface area contributed by atoms with Gasteiger partial charge < -0.3 is 10.1 Å². The third-order valence-corrected chi connectivity index (χ3v) is 3.27. The molecule has 0 unspecified atom stereocenters. The van der Waals surface area contributed by atoms with Gasteiger partial charge in [-0.3, -0.25) is 0 Å². The Morgan fingerprint density at radius 1 is 1.32 bits per heavy atom. The summed E-state index contributed by atoms with van der Waals surface area (Å²) < 4.78 is 5.85. The number of allylic oxidation sites excluding steroid dienone is 1. The largest absolute Gasteiger partial charge is 0.493 e. The van der Waals surface area contributed by atoms with E-state index in [-0.39, 0.29) is 0 Å². The predicted molar refractivity (Wildman–Crippen MR) is 82.8 cm³/mol. The molecule has 1 aromatic rings. The molecule has 19 heavy (non-hydrogen) atoms. The lowest BCUT2D eigenvalue weighted by Gasteiger charge is -2.12. The zero-order valence-electron chi connectivity index (χ0n) is 12.3. The Balaban J connectivity index is 2.20. The summed E-state index contributed by atoms with van der Waals surface area (Å²) in [6.45, 7) is 10.1. The van der Waals surface area contributed by atoms with E-state index in [0.717, 1.165) is 38.2 Å². The van der Waals surface area contributed by atoms with Gasteiger partial charge in [0, 0.05) is 6.04 Å². The van der Waals surface area contributed by atoms with E-state index in [9.17, 15) is 0 Å². The van der Waals surface area contributed by atoms with E-state index in [2.05, 4.69) is 31.8 Å². The van der Waals surface area contributed by atoms with E-state index in [4.69, 9.17) is 4.74 Å². The Bertz CT molecular complexity index is 362. The second-order valence-corrected chi connectivity index (χ2v) is 4.92. The monoisotopic (exact) mass is 261 g/mol. The quantitative estimate of drug-likeness (QED) is 0.508. The van der Waals surface area contributed by atoms with Gasteiger partial charge >= 0.3 is 0 Å². The fourth-order valence-electron chi connectivity index (χ4n) is 1.87. The second kappa shape index (κ2) is 9.62. The summed E-state index contributed by atoms with van der Waals surface area (Å²) in [6, 6.07) is 8.82. The van der Waals surface area contributed by atoms with Crippen LogP contribution in [0.1, 0.15) is 38.7 Å². The third-order valence-electron chi connectivity index (χ3n) is 3.27. The molecule has 0 fully saturated rings. The highest BCUT2D eigenvalue weighted by atomic mass is 16.5. The second-order valence-electron chi connectivity index (χ2n) is 4.92. The first-order valence-electron chi connectivity index (χ1n) is 7.33. The molecule has 0 bridgehead atoms. The van der Waals surface area contributed by atoms with Crippen molar-refractivity contribution >= 4 is 0 Å². The zero-order valence-corrected chi connectivity index (χ0v) is 12.3. The van der Waals surface area contributed by atoms with Crippen LogP contribution in [-0.4, -0.2) is 19.2 Å². The molecule has 0 radical (unpaired) electrons. The molecule has 2 heteroatoms. The summed E-state index contributed by atoms with van der Waals surface area (Å²) in [5, 5.41) is 3.49. The van der Waals surface area contributed by atoms with E-state index >= 15 is 0 Å². The number of hydrogen-bond donors (Lipinski definition) is 1. The molecule has 0 aliphatic carbocycles. The first-order chi connectivity index (χ1) is 9.27. The van der Waals surface area contributed by atoms with Crippen molar-refractivity contribution in [3.63, 3.8) is 0 Å². The number of para-hydroxylation sites is 1. The van der Waals surface area contributed by atoms with Gasteiger partial charge in [-0.2, -0.15) is 0 Å². The molecule has 1 N–H and O–H groups in total. The highest BCUT2D eigenvalue weighted by molar-refractivity contribution is 5.34. The predicted octanol–water partition coefficient (Wildman–Crippen LogP) is 3.96. The molecule has 1 aromatic carbocycles. The smallest absolute Gasteiger partial charge is 0.122 e. The van der Waals surface area contributed by atoms with Crippen LogP contribution in [0.3, 0.4) is 0 Å². The van der Waals surface area contributed by atoms with Gasteiger partial charge in [0.05, 0.1) is 6.61 Å². The summed E-state index contributed by atoms with van der Waals surface area (Å²) in [4.78, 5) is 0. The van der Waals surface area contributed by atoms with Crippen LogP contribution in [0.2, 0.25) is 0 Å². The molecule has 1 rings (SSSR count). The van der Waals surface area contributed by atoms with Crippen molar-refractivity contribution < 1.29 is 4.74 Å². The summed E-state index contributed by atoms with van der Waals surface area (Å²) in [5.74, 6) is 0.997. The van der Waals surface area contributed by atoms with Crippen molar-refractivity contribution in [2.45, 2.75) is 45.6 Å². The van der Waals surface area contributed by atoms with Gasteiger partial charge in [0.2, 0.25) is 0 Å². The van der Waals surface area contributed by atoms with Gasteiger partial charge in [0.25, 0.3) is 0 Å². The number of ether oxygens (including phenoxy) is 1. The highest BCUT2D eigenvalue weighted by Crippen LogP contribution is 2.18. The molecule has 0 aromatic heterocycles. The van der Waals surface area contributed by atoms with Crippen LogP contribution >= 0.6 is 0 Å². The van der Waals surface area contributed by atoms with Crippen LogP contribution in [0.15, 0.2) is 36.9 Å². The standard InChI is InChI=1S/C17H27NO/c1-4-10-16-11-6-7-12-17(16)19-14-9-8-13-18-15(3)5-2/h4,6-7,11-12,15,18H,1,5,8-10,13-14H2,2-3H3/t15-/m1/s1. The Morgan fingerprint density at radius 3 is 2.84 bits per heavy atom. The summed E-state index contributed by atoms with van der Waals surface area (Å²) in [6.07, 6.45) is 6.22. The van der Waals surface area contributed by atoms with Gasteiger partial charge in [-0.15, -0.1) is 6.58 Å². The van der Waals surface area contributed by atoms with Crippen LogP contribution in [0.5, 0.6) is 5.75 Å². The molecule has 0 amide bonds. The van der Waals surface area contributed by atoms with E-state index in [0.29, 0.717) is 6.04 Å². The molecule has 0 spiro atoms. The maximum Gasteiger partial charge on any atom is 0.122 e. The van der Waals surface area contributed by atoms with Crippen molar-refractivity contribution in [3.8, 4) is 5.75 Å². The minimum absolute atomic E-state index is 0.620. The van der Waals surface area contributed by atoms with E-state index < -0.39 is 0 Å². The molecule has 0 aliphatic rings. The van der Waals surface area contributed by atoms with E-state index in [1.165, 1.54) is 12.0 Å². The normalized spacial score (nSPS) is 12.1. The molecule has 0 saturated carbocycles. The van der Waals surface area contributed by atoms with Crippen molar-refractivity contribution in [2.24, 2.45) is 0 Å². The fourth-order valence-corrected chi connectivity index (χ4v) is 1.87. The van der Waals surface area contributed by atoms with Crippen molar-refractivity contribution in [1.29, 1.82) is 0 Å². The van der Waals surface area contributed by atoms with Gasteiger partial charge in [-0.1, -0.05) is 31.2 Å². The summed E-state index contributed by atoms with van der Waals surface area (Å²) >= 11 is 0. The maximum absolute atomic E-state index is 5.85. The topological polar surface area (TPSA) is 21.3 Å². The minimum Gasteiger partial charge on any atom is -0.493 e. The van der Waals surface area contributed by atoms with E-state index in [1.807, 2.05) is 24.3 Å². The third kappa shape index (κ3) is 6.44. The molecule has 0 saturated heterocycles. The Morgan fingerprint density at radius 2 is 2.11 bits per heavy atom. The number of benzene rings is 1. The molecule has 2 nitrogen and oxygen atoms in total. The van der Waals surface area contributed by atoms with Crippen LogP contribution < -0.4 is 10.1 Å². The molecule has 0 heterocycles. The molecule has 106 valence electrons. The lowest BCUT2D eigenvalue weighted by Crippen LogP contribution is -2.26. The summed E-state index contributed by atoms with van der Waals surface area (Å²) in [7, 11) is 0. The molecular weight excluding hydrogens is 234 g/mol. The molecular formula is C17H27NO. The van der Waals surface area contributed by atoms with Crippen LogP contribution in [0.4, 0.5) is 0 Å². The zero-order chi connectivity index (χ0) is 13.9. The lowest BCUT2D eigenvalue weighted by molar-refractivity contribution is 0.302. The Kier molecular flexibility index (Phi) is 7.99. The van der Waals surface area contributed by atoms with Gasteiger partial charge in [-0.25, -0.2) is 0 Å². The number of unbranched alkanes of at least 4 members (excludes halogenated alkanes) is 1. The highest BCUT2D eigenvalue weighted by Gasteiger charge is 2.01. The Hall–Kier alpha value is -1.28. The average Bonchev–Trinajstić information content (AvgIpc) is 2.44. The van der Waals surface area contributed by atoms with Gasteiger partial charge in [0.1, 0.15) is 5.75 Å². The van der Waals surface area contributed by atoms with Crippen molar-refractivity contribution in [2.75, 3.05) is 13.2 Å². The van der Waals surface area contributed by atoms with Crippen LogP contribution in [0, 0.1) is 0 Å². The lowest BCUT2D eigenvalue weighted by atomic mass is 10.1. The first-order valence-corrected chi connectivity index (χ1v) is 7.33. The first kappa shape index (κ1) is 15.8. The van der Waals surface area contributed by atoms with Crippen molar-refractivity contribution in [3.05, 3.63) is 42.5 Å². The van der Waals surface area contributed by atoms with Gasteiger partial charge in [-0.05, 0) is 50.8 Å².